The molecular formula is C15H28BrN3O. The van der Waals surface area contributed by atoms with Crippen LogP contribution in [0.15, 0.2) is 10.7 Å². The highest BCUT2D eigenvalue weighted by atomic mass is 79.9. The smallest absolute Gasteiger partial charge is 0.0804 e. The first-order valence-electron chi connectivity index (χ1n) is 7.54. The molecule has 0 amide bonds. The predicted molar refractivity (Wildman–Crippen MR) is 86.9 cm³/mol. The molecule has 0 radical (unpaired) electrons. The van der Waals surface area contributed by atoms with Gasteiger partial charge in [-0.1, -0.05) is 27.7 Å². The number of rotatable bonds is 9. The molecule has 1 N–H and O–H groups in total. The monoisotopic (exact) mass is 345 g/mol. The number of nitrogens with zero attached hydrogens (tertiary/aromatic N) is 2. The Balaban J connectivity index is 3.11. The summed E-state index contributed by atoms with van der Waals surface area (Å²) in [4.78, 5) is 0. The van der Waals surface area contributed by atoms with Crippen molar-refractivity contribution in [3.63, 3.8) is 0 Å². The number of nitrogens with one attached hydrogen (secondary N) is 1. The van der Waals surface area contributed by atoms with Crippen molar-refractivity contribution in [1.82, 2.24) is 15.1 Å². The lowest BCUT2D eigenvalue weighted by molar-refractivity contribution is 0.0299. The highest BCUT2D eigenvalue weighted by Crippen LogP contribution is 2.30. The minimum Gasteiger partial charge on any atom is -0.379 e. The summed E-state index contributed by atoms with van der Waals surface area (Å²) in [6, 6.07) is 0.156. The summed E-state index contributed by atoms with van der Waals surface area (Å²) in [5, 5.41) is 8.11. The summed E-state index contributed by atoms with van der Waals surface area (Å²) < 4.78 is 8.91. The third kappa shape index (κ3) is 4.30. The molecular weight excluding hydrogens is 318 g/mol. The maximum Gasteiger partial charge on any atom is 0.0804 e. The molecule has 0 fully saturated rings. The SMILES string of the molecule is CCCNC(c1c(Br)cnn1CCC)C(OC)C(C)C. The quantitative estimate of drug-likeness (QED) is 0.740. The Morgan fingerprint density at radius 1 is 1.35 bits per heavy atom. The van der Waals surface area contributed by atoms with Gasteiger partial charge < -0.3 is 10.1 Å². The van der Waals surface area contributed by atoms with E-state index in [9.17, 15) is 0 Å². The zero-order chi connectivity index (χ0) is 15.1. The van der Waals surface area contributed by atoms with E-state index in [1.54, 1.807) is 7.11 Å². The van der Waals surface area contributed by atoms with Gasteiger partial charge in [0.2, 0.25) is 0 Å². The van der Waals surface area contributed by atoms with Crippen LogP contribution in [0, 0.1) is 5.92 Å². The Labute approximate surface area is 131 Å². The summed E-state index contributed by atoms with van der Waals surface area (Å²) in [5.41, 5.74) is 1.20. The molecule has 0 aromatic carbocycles. The van der Waals surface area contributed by atoms with E-state index in [0.29, 0.717) is 5.92 Å². The van der Waals surface area contributed by atoms with E-state index in [-0.39, 0.29) is 12.1 Å². The Morgan fingerprint density at radius 3 is 2.55 bits per heavy atom. The second-order valence-corrected chi connectivity index (χ2v) is 6.33. The fourth-order valence-electron chi connectivity index (χ4n) is 2.53. The average Bonchev–Trinajstić information content (AvgIpc) is 2.76. The molecule has 1 aromatic rings. The lowest BCUT2D eigenvalue weighted by atomic mass is 9.96. The van der Waals surface area contributed by atoms with Gasteiger partial charge in [-0.15, -0.1) is 0 Å². The van der Waals surface area contributed by atoms with Gasteiger partial charge in [0.1, 0.15) is 0 Å². The molecule has 0 saturated carbocycles. The minimum absolute atomic E-state index is 0.130. The largest absolute Gasteiger partial charge is 0.379 e. The highest BCUT2D eigenvalue weighted by molar-refractivity contribution is 9.10. The van der Waals surface area contributed by atoms with Crippen LogP contribution in [0.1, 0.15) is 52.3 Å². The Hall–Kier alpha value is -0.390. The van der Waals surface area contributed by atoms with E-state index in [1.807, 2.05) is 6.20 Å². The van der Waals surface area contributed by atoms with Gasteiger partial charge in [-0.3, -0.25) is 4.68 Å². The molecule has 116 valence electrons. The van der Waals surface area contributed by atoms with Crippen LogP contribution in [0.4, 0.5) is 0 Å². The molecule has 20 heavy (non-hydrogen) atoms. The normalized spacial score (nSPS) is 14.8. The third-order valence-electron chi connectivity index (χ3n) is 3.44. The number of ether oxygens (including phenoxy) is 1. The number of aryl methyl sites for hydroxylation is 1. The second-order valence-electron chi connectivity index (χ2n) is 5.48. The molecule has 5 heteroatoms. The van der Waals surface area contributed by atoms with Gasteiger partial charge in [-0.25, -0.2) is 0 Å². The summed E-state index contributed by atoms with van der Waals surface area (Å²) >= 11 is 3.65. The number of hydrogen-bond acceptors (Lipinski definition) is 3. The van der Waals surface area contributed by atoms with E-state index >= 15 is 0 Å². The predicted octanol–water partition coefficient (Wildman–Crippen LogP) is 3.77. The lowest BCUT2D eigenvalue weighted by Crippen LogP contribution is -2.38. The number of aromatic nitrogens is 2. The molecule has 0 aliphatic rings. The van der Waals surface area contributed by atoms with Gasteiger partial charge in [-0.2, -0.15) is 5.10 Å². The average molecular weight is 346 g/mol. The zero-order valence-electron chi connectivity index (χ0n) is 13.3. The topological polar surface area (TPSA) is 39.1 Å². The molecule has 0 aliphatic carbocycles. The van der Waals surface area contributed by atoms with Gasteiger partial charge in [-0.05, 0) is 41.2 Å². The maximum absolute atomic E-state index is 5.76. The van der Waals surface area contributed by atoms with Gasteiger partial charge in [0.05, 0.1) is 28.5 Å². The van der Waals surface area contributed by atoms with Crippen LogP contribution in [-0.4, -0.2) is 29.5 Å². The van der Waals surface area contributed by atoms with Crippen molar-refractivity contribution in [3.05, 3.63) is 16.4 Å². The van der Waals surface area contributed by atoms with Crippen molar-refractivity contribution in [1.29, 1.82) is 0 Å². The van der Waals surface area contributed by atoms with Crippen LogP contribution in [0.25, 0.3) is 0 Å². The van der Waals surface area contributed by atoms with Crippen LogP contribution >= 0.6 is 15.9 Å². The van der Waals surface area contributed by atoms with E-state index in [2.05, 4.69) is 58.7 Å². The highest BCUT2D eigenvalue weighted by Gasteiger charge is 2.30. The van der Waals surface area contributed by atoms with E-state index in [1.165, 1.54) is 5.69 Å². The molecule has 0 saturated heterocycles. The van der Waals surface area contributed by atoms with Crippen molar-refractivity contribution in [2.45, 2.75) is 59.2 Å². The Bertz CT molecular complexity index is 392. The standard InChI is InChI=1S/C15H28BrN3O/c1-6-8-17-13(15(20-5)11(3)4)14-12(16)10-18-19(14)9-7-2/h10-11,13,15,17H,6-9H2,1-5H3. The van der Waals surface area contributed by atoms with Crippen molar-refractivity contribution >= 4 is 15.9 Å². The molecule has 0 bridgehead atoms. The molecule has 4 nitrogen and oxygen atoms in total. The van der Waals surface area contributed by atoms with Crippen LogP contribution < -0.4 is 5.32 Å². The summed E-state index contributed by atoms with van der Waals surface area (Å²) in [6.45, 7) is 10.6. The van der Waals surface area contributed by atoms with E-state index in [0.717, 1.165) is 30.4 Å². The number of halogens is 1. The lowest BCUT2D eigenvalue weighted by Gasteiger charge is -2.31. The van der Waals surface area contributed by atoms with E-state index < -0.39 is 0 Å². The van der Waals surface area contributed by atoms with Gasteiger partial charge in [0, 0.05) is 13.7 Å². The molecule has 0 spiro atoms. The van der Waals surface area contributed by atoms with Crippen LogP contribution in [-0.2, 0) is 11.3 Å². The number of hydrogen-bond donors (Lipinski definition) is 1. The van der Waals surface area contributed by atoms with Gasteiger partial charge >= 0.3 is 0 Å². The molecule has 1 aromatic heterocycles. The van der Waals surface area contributed by atoms with E-state index in [4.69, 9.17) is 4.74 Å². The summed E-state index contributed by atoms with van der Waals surface area (Å²) in [5.74, 6) is 0.436. The molecule has 1 rings (SSSR count). The van der Waals surface area contributed by atoms with Crippen molar-refractivity contribution < 1.29 is 4.74 Å². The molecule has 1 heterocycles. The first kappa shape index (κ1) is 17.7. The zero-order valence-corrected chi connectivity index (χ0v) is 14.9. The fraction of sp³-hybridized carbons (Fsp3) is 0.800. The molecule has 0 aliphatic heterocycles. The van der Waals surface area contributed by atoms with Crippen molar-refractivity contribution in [2.24, 2.45) is 5.92 Å². The summed E-state index contributed by atoms with van der Waals surface area (Å²) in [7, 11) is 1.79. The fourth-order valence-corrected chi connectivity index (χ4v) is 3.08. The minimum atomic E-state index is 0.130. The van der Waals surface area contributed by atoms with Crippen LogP contribution in [0.5, 0.6) is 0 Å². The first-order chi connectivity index (χ1) is 9.56. The summed E-state index contributed by atoms with van der Waals surface area (Å²) in [6.07, 6.45) is 4.19. The molecule has 2 atom stereocenters. The van der Waals surface area contributed by atoms with Crippen LogP contribution in [0.2, 0.25) is 0 Å². The Morgan fingerprint density at radius 2 is 2.05 bits per heavy atom. The second kappa shape index (κ2) is 8.80. The van der Waals surface area contributed by atoms with Crippen molar-refractivity contribution in [3.8, 4) is 0 Å². The third-order valence-corrected chi connectivity index (χ3v) is 4.05. The maximum atomic E-state index is 5.76. The van der Waals surface area contributed by atoms with Gasteiger partial charge in [0.25, 0.3) is 0 Å². The van der Waals surface area contributed by atoms with Crippen molar-refractivity contribution in [2.75, 3.05) is 13.7 Å². The molecule has 2 unspecified atom stereocenters. The van der Waals surface area contributed by atoms with Crippen LogP contribution in [0.3, 0.4) is 0 Å². The number of methoxy groups -OCH3 is 1. The Kier molecular flexibility index (Phi) is 7.77. The van der Waals surface area contributed by atoms with Gasteiger partial charge in [0.15, 0.2) is 0 Å². The first-order valence-corrected chi connectivity index (χ1v) is 8.33.